The second-order valence-corrected chi connectivity index (χ2v) is 18.0. The highest BCUT2D eigenvalue weighted by Gasteiger charge is 2.60. The van der Waals surface area contributed by atoms with Crippen LogP contribution in [0.3, 0.4) is 0 Å². The molecular weight excluding hydrogens is 556 g/mol. The molecule has 0 N–H and O–H groups in total. The number of hydrogen-bond donors (Lipinski definition) is 0. The fraction of sp³-hybridized carbons (Fsp3) is 0.500. The maximum absolute atomic E-state index is 7.23. The van der Waals surface area contributed by atoms with Gasteiger partial charge in [0, 0.05) is 6.42 Å². The summed E-state index contributed by atoms with van der Waals surface area (Å²) in [6, 6.07) is 30.7. The van der Waals surface area contributed by atoms with Crippen LogP contribution in [0.2, 0.25) is 18.1 Å². The van der Waals surface area contributed by atoms with Gasteiger partial charge in [0.05, 0.1) is 33.0 Å². The summed E-state index contributed by atoms with van der Waals surface area (Å²) in [6.07, 6.45) is -0.107. The molecule has 0 saturated carbocycles. The van der Waals surface area contributed by atoms with Crippen molar-refractivity contribution in [2.24, 2.45) is 0 Å². The van der Waals surface area contributed by atoms with Crippen molar-refractivity contribution in [2.75, 3.05) is 13.2 Å². The third-order valence-corrected chi connectivity index (χ3v) is 13.4. The van der Waals surface area contributed by atoms with Crippen molar-refractivity contribution in [3.63, 3.8) is 0 Å². The van der Waals surface area contributed by atoms with Gasteiger partial charge in [-0.05, 0) is 41.2 Å². The molecule has 7 heteroatoms. The van der Waals surface area contributed by atoms with E-state index in [2.05, 4.69) is 70.3 Å². The Kier molecular flexibility index (Phi) is 10.6. The molecule has 2 saturated heterocycles. The Bertz CT molecular complexity index is 1240. The van der Waals surface area contributed by atoms with E-state index in [1.54, 1.807) is 0 Å². The lowest BCUT2D eigenvalue weighted by Gasteiger charge is -2.53. The minimum Gasteiger partial charge on any atom is -0.406 e. The minimum atomic E-state index is -2.27. The molecule has 5 rings (SSSR count). The van der Waals surface area contributed by atoms with Crippen LogP contribution in [0, 0.1) is 0 Å². The lowest BCUT2D eigenvalue weighted by molar-refractivity contribution is -0.359. The largest absolute Gasteiger partial charge is 0.406 e. The van der Waals surface area contributed by atoms with Gasteiger partial charge in [0.1, 0.15) is 24.4 Å². The quantitative estimate of drug-likeness (QED) is 0.198. The summed E-state index contributed by atoms with van der Waals surface area (Å²) in [5.74, 6) is -0.926. The molecule has 2 fully saturated rings. The number of hydrogen-bond acceptors (Lipinski definition) is 6. The Balaban J connectivity index is 1.48. The number of benzene rings is 3. The van der Waals surface area contributed by atoms with Gasteiger partial charge >= 0.3 is 0 Å². The molecule has 5 atom stereocenters. The minimum absolute atomic E-state index is 0.00713. The topological polar surface area (TPSA) is 55.4 Å². The first kappa shape index (κ1) is 32.0. The van der Waals surface area contributed by atoms with Crippen LogP contribution in [0.1, 0.15) is 50.3 Å². The summed E-state index contributed by atoms with van der Waals surface area (Å²) >= 11 is 0. The third kappa shape index (κ3) is 8.03. The molecule has 2 heterocycles. The van der Waals surface area contributed by atoms with Crippen LogP contribution in [0.25, 0.3) is 0 Å². The highest BCUT2D eigenvalue weighted by molar-refractivity contribution is 6.74. The average Bonchev–Trinajstić information content (AvgIpc) is 3.47. The Labute approximate surface area is 258 Å². The summed E-state index contributed by atoms with van der Waals surface area (Å²) < 4.78 is 40.7. The standard InChI is InChI=1S/C36H48O6Si/c1-35(2,3)43(4,5)42-34-33(39-26-30-20-13-8-14-21-30)32(38-25-29-18-11-7-12-19-29)31(41-36(34)22-15-23-40-36)27-37-24-28-16-9-6-10-17-28/h6-14,16-21,31-34H,15,22-27H2,1-5H3/t31-,32-,33+,34-,36+/m1/s1. The Morgan fingerprint density at radius 2 is 1.26 bits per heavy atom. The molecule has 0 aromatic heterocycles. The van der Waals surface area contributed by atoms with Crippen molar-refractivity contribution < 1.29 is 28.1 Å². The van der Waals surface area contributed by atoms with Crippen LogP contribution < -0.4 is 0 Å². The van der Waals surface area contributed by atoms with Crippen LogP contribution in [0.4, 0.5) is 0 Å². The Hall–Kier alpha value is -2.36. The van der Waals surface area contributed by atoms with E-state index in [0.29, 0.717) is 33.0 Å². The molecule has 2 aliphatic rings. The molecule has 232 valence electrons. The van der Waals surface area contributed by atoms with Gasteiger partial charge in [-0.15, -0.1) is 0 Å². The van der Waals surface area contributed by atoms with E-state index < -0.39 is 38.5 Å². The first-order chi connectivity index (χ1) is 20.7. The van der Waals surface area contributed by atoms with Crippen LogP contribution in [0.15, 0.2) is 91.0 Å². The van der Waals surface area contributed by atoms with Crippen molar-refractivity contribution >= 4 is 8.32 Å². The third-order valence-electron chi connectivity index (χ3n) is 8.98. The molecule has 0 aliphatic carbocycles. The number of rotatable bonds is 12. The summed E-state index contributed by atoms with van der Waals surface area (Å²) in [6.45, 7) is 13.6. The zero-order valence-corrected chi connectivity index (χ0v) is 27.4. The van der Waals surface area contributed by atoms with E-state index in [4.69, 9.17) is 28.1 Å². The SMILES string of the molecule is CC(C)(C)[Si](C)(C)O[C@@H]1[C@@H](OCc2ccccc2)[C@H](OCc2ccccc2)[C@@H](COCc2ccccc2)O[C@@]12CCCO2. The van der Waals surface area contributed by atoms with Gasteiger partial charge in [0.15, 0.2) is 14.1 Å². The summed E-state index contributed by atoms with van der Waals surface area (Å²) in [7, 11) is -2.27. The predicted molar refractivity (Wildman–Crippen MR) is 171 cm³/mol. The zero-order valence-electron chi connectivity index (χ0n) is 26.4. The van der Waals surface area contributed by atoms with Crippen LogP contribution in [0.5, 0.6) is 0 Å². The average molecular weight is 605 g/mol. The van der Waals surface area contributed by atoms with E-state index in [1.807, 2.05) is 54.6 Å². The van der Waals surface area contributed by atoms with E-state index in [1.165, 1.54) is 0 Å². The maximum atomic E-state index is 7.23. The summed E-state index contributed by atoms with van der Waals surface area (Å²) in [5, 5.41) is -0.00713. The van der Waals surface area contributed by atoms with Crippen LogP contribution in [-0.4, -0.2) is 51.7 Å². The fourth-order valence-corrected chi connectivity index (χ4v) is 6.84. The predicted octanol–water partition coefficient (Wildman–Crippen LogP) is 7.67. The summed E-state index contributed by atoms with van der Waals surface area (Å²) in [5.41, 5.74) is 3.30. The van der Waals surface area contributed by atoms with Gasteiger partial charge in [-0.1, -0.05) is 112 Å². The molecule has 0 unspecified atom stereocenters. The molecule has 1 spiro atoms. The van der Waals surface area contributed by atoms with Crippen molar-refractivity contribution in [3.05, 3.63) is 108 Å². The molecular formula is C36H48O6Si. The van der Waals surface area contributed by atoms with Crippen molar-refractivity contribution in [3.8, 4) is 0 Å². The Morgan fingerprint density at radius 1 is 0.744 bits per heavy atom. The Morgan fingerprint density at radius 3 is 1.74 bits per heavy atom. The highest BCUT2D eigenvalue weighted by Crippen LogP contribution is 2.47. The molecule has 3 aromatic rings. The molecule has 2 aliphatic heterocycles. The fourth-order valence-electron chi connectivity index (χ4n) is 5.54. The molecule has 43 heavy (non-hydrogen) atoms. The second-order valence-electron chi connectivity index (χ2n) is 13.2. The van der Waals surface area contributed by atoms with E-state index in [9.17, 15) is 0 Å². The molecule has 0 bridgehead atoms. The second kappa shape index (κ2) is 14.2. The van der Waals surface area contributed by atoms with E-state index in [0.717, 1.165) is 29.5 Å². The van der Waals surface area contributed by atoms with Crippen molar-refractivity contribution in [2.45, 2.75) is 102 Å². The highest BCUT2D eigenvalue weighted by atomic mass is 28.4. The molecule has 3 aromatic carbocycles. The molecule has 6 nitrogen and oxygen atoms in total. The van der Waals surface area contributed by atoms with Crippen LogP contribution in [-0.2, 0) is 47.9 Å². The maximum Gasteiger partial charge on any atom is 0.196 e. The van der Waals surface area contributed by atoms with Gasteiger partial charge < -0.3 is 28.1 Å². The lowest BCUT2D eigenvalue weighted by Crippen LogP contribution is -2.69. The normalized spacial score (nSPS) is 26.2. The monoisotopic (exact) mass is 604 g/mol. The van der Waals surface area contributed by atoms with Crippen LogP contribution >= 0.6 is 0 Å². The zero-order chi connectivity index (χ0) is 30.3. The molecule has 0 radical (unpaired) electrons. The first-order valence-corrected chi connectivity index (χ1v) is 18.5. The van der Waals surface area contributed by atoms with E-state index >= 15 is 0 Å². The van der Waals surface area contributed by atoms with E-state index in [-0.39, 0.29) is 5.04 Å². The van der Waals surface area contributed by atoms with Gasteiger partial charge in [0.25, 0.3) is 0 Å². The first-order valence-electron chi connectivity index (χ1n) is 15.6. The van der Waals surface area contributed by atoms with Crippen molar-refractivity contribution in [1.29, 1.82) is 0 Å². The number of ether oxygens (including phenoxy) is 5. The van der Waals surface area contributed by atoms with Gasteiger partial charge in [-0.25, -0.2) is 0 Å². The smallest absolute Gasteiger partial charge is 0.196 e. The van der Waals surface area contributed by atoms with Gasteiger partial charge in [-0.2, -0.15) is 0 Å². The van der Waals surface area contributed by atoms with Crippen molar-refractivity contribution in [1.82, 2.24) is 0 Å². The molecule has 0 amide bonds. The van der Waals surface area contributed by atoms with Gasteiger partial charge in [-0.3, -0.25) is 0 Å². The lowest BCUT2D eigenvalue weighted by atomic mass is 9.90. The summed E-state index contributed by atoms with van der Waals surface area (Å²) in [4.78, 5) is 0. The van der Waals surface area contributed by atoms with Gasteiger partial charge in [0.2, 0.25) is 0 Å².